The maximum absolute atomic E-state index is 13.6. The Kier molecular flexibility index (Phi) is 8.36. The monoisotopic (exact) mass is 601 g/mol. The van der Waals surface area contributed by atoms with Gasteiger partial charge in [0.25, 0.3) is 5.91 Å². The van der Waals surface area contributed by atoms with Gasteiger partial charge in [-0.2, -0.15) is 0 Å². The first-order valence-corrected chi connectivity index (χ1v) is 15.9. The van der Waals surface area contributed by atoms with Crippen LogP contribution >= 0.6 is 11.6 Å². The second-order valence-electron chi connectivity index (χ2n) is 13.1. The van der Waals surface area contributed by atoms with Crippen LogP contribution in [-0.4, -0.2) is 48.8 Å². The van der Waals surface area contributed by atoms with E-state index in [4.69, 9.17) is 11.6 Å². The van der Waals surface area contributed by atoms with Gasteiger partial charge in [0.1, 0.15) is 5.82 Å². The number of carbonyl (C=O) groups excluding carboxylic acids is 2. The first-order chi connectivity index (χ1) is 20.7. The predicted molar refractivity (Wildman–Crippen MR) is 169 cm³/mol. The fourth-order valence-corrected chi connectivity index (χ4v) is 7.98. The molecule has 1 saturated heterocycles. The zero-order valence-corrected chi connectivity index (χ0v) is 25.9. The molecule has 3 aromatic carbocycles. The third-order valence-corrected chi connectivity index (χ3v) is 10.9. The summed E-state index contributed by atoms with van der Waals surface area (Å²) in [6, 6.07) is 20.4. The summed E-state index contributed by atoms with van der Waals surface area (Å²) in [6.07, 6.45) is 8.52. The molecule has 0 bridgehead atoms. The molecule has 5 nitrogen and oxygen atoms in total. The second kappa shape index (κ2) is 12.0. The molecule has 1 spiro atoms. The summed E-state index contributed by atoms with van der Waals surface area (Å²) in [5.74, 6) is -0.188. The topological polar surface area (TPSA) is 52.6 Å². The maximum Gasteiger partial charge on any atom is 0.253 e. The molecule has 1 aliphatic heterocycles. The van der Waals surface area contributed by atoms with Crippen molar-refractivity contribution in [2.45, 2.75) is 69.4 Å². The van der Waals surface area contributed by atoms with Crippen LogP contribution in [0.15, 0.2) is 66.7 Å². The number of benzene rings is 3. The lowest BCUT2D eigenvalue weighted by Gasteiger charge is -2.52. The van der Waals surface area contributed by atoms with E-state index in [-0.39, 0.29) is 34.6 Å². The molecule has 1 saturated carbocycles. The summed E-state index contributed by atoms with van der Waals surface area (Å²) < 4.78 is 13.6. The van der Waals surface area contributed by atoms with Crippen LogP contribution in [0.3, 0.4) is 0 Å². The zero-order chi connectivity index (χ0) is 30.2. The molecule has 3 aromatic rings. The highest BCUT2D eigenvalue weighted by Gasteiger charge is 2.46. The molecular weight excluding hydrogens is 561 g/mol. The van der Waals surface area contributed by atoms with E-state index in [0.717, 1.165) is 75.6 Å². The Morgan fingerprint density at radius 3 is 2.33 bits per heavy atom. The number of likely N-dealkylation sites (tertiary alicyclic amines) is 1. The van der Waals surface area contributed by atoms with Crippen molar-refractivity contribution in [3.63, 3.8) is 0 Å². The summed E-state index contributed by atoms with van der Waals surface area (Å²) in [6.45, 7) is 1.59. The molecule has 0 aromatic heterocycles. The van der Waals surface area contributed by atoms with Gasteiger partial charge in [0.15, 0.2) is 0 Å². The van der Waals surface area contributed by atoms with Crippen molar-refractivity contribution in [3.05, 3.63) is 105 Å². The normalized spacial score (nSPS) is 20.7. The fourth-order valence-electron chi connectivity index (χ4n) is 7.76. The molecule has 7 heteroatoms. The number of rotatable bonds is 6. The van der Waals surface area contributed by atoms with E-state index in [0.29, 0.717) is 17.0 Å². The van der Waals surface area contributed by atoms with E-state index < -0.39 is 0 Å². The maximum atomic E-state index is 13.6. The number of aryl methyl sites for hydroxylation is 1. The first-order valence-electron chi connectivity index (χ1n) is 15.6. The van der Waals surface area contributed by atoms with Gasteiger partial charge in [0, 0.05) is 18.6 Å². The highest BCUT2D eigenvalue weighted by Crippen LogP contribution is 2.52. The SMILES string of the molecule is CN(C)C1(c2ccc(F)cc2)CCC2(CCN(C(=O)Cc3ccc4c(c3)C(NC(=O)c3ccccc3Cl)CC4)CC2)CC1. The van der Waals surface area contributed by atoms with Gasteiger partial charge in [0.05, 0.1) is 23.0 Å². The highest BCUT2D eigenvalue weighted by atomic mass is 35.5. The Morgan fingerprint density at radius 2 is 1.65 bits per heavy atom. The smallest absolute Gasteiger partial charge is 0.253 e. The van der Waals surface area contributed by atoms with Crippen LogP contribution in [0.1, 0.15) is 83.6 Å². The quantitative estimate of drug-likeness (QED) is 0.328. The largest absolute Gasteiger partial charge is 0.345 e. The van der Waals surface area contributed by atoms with Crippen LogP contribution in [0.4, 0.5) is 4.39 Å². The summed E-state index contributed by atoms with van der Waals surface area (Å²) >= 11 is 6.25. The third-order valence-electron chi connectivity index (χ3n) is 10.6. The van der Waals surface area contributed by atoms with Crippen LogP contribution in [0.25, 0.3) is 0 Å². The van der Waals surface area contributed by atoms with E-state index in [9.17, 15) is 14.0 Å². The summed E-state index contributed by atoms with van der Waals surface area (Å²) in [5, 5.41) is 3.60. The Balaban J connectivity index is 1.05. The predicted octanol–water partition coefficient (Wildman–Crippen LogP) is 7.08. The molecule has 2 fully saturated rings. The Labute approximate surface area is 259 Å². The van der Waals surface area contributed by atoms with Gasteiger partial charge in [-0.3, -0.25) is 14.5 Å². The van der Waals surface area contributed by atoms with E-state index in [2.05, 4.69) is 42.5 Å². The molecule has 1 N–H and O–H groups in total. The van der Waals surface area contributed by atoms with Crippen molar-refractivity contribution in [2.75, 3.05) is 27.2 Å². The minimum atomic E-state index is -0.193. The van der Waals surface area contributed by atoms with Crippen molar-refractivity contribution < 1.29 is 14.0 Å². The average Bonchev–Trinajstić information content (AvgIpc) is 3.40. The van der Waals surface area contributed by atoms with Crippen LogP contribution in [0.2, 0.25) is 5.02 Å². The Morgan fingerprint density at radius 1 is 0.953 bits per heavy atom. The Hall–Kier alpha value is -3.22. The number of hydrogen-bond donors (Lipinski definition) is 1. The van der Waals surface area contributed by atoms with Crippen molar-refractivity contribution in [3.8, 4) is 0 Å². The minimum Gasteiger partial charge on any atom is -0.345 e. The summed E-state index contributed by atoms with van der Waals surface area (Å²) in [4.78, 5) is 30.7. The van der Waals surface area contributed by atoms with Gasteiger partial charge in [-0.05, 0) is 117 Å². The second-order valence-corrected chi connectivity index (χ2v) is 13.5. The number of carbonyl (C=O) groups is 2. The first kappa shape index (κ1) is 29.8. The third kappa shape index (κ3) is 5.97. The van der Waals surface area contributed by atoms with Crippen LogP contribution < -0.4 is 5.32 Å². The van der Waals surface area contributed by atoms with Gasteiger partial charge in [-0.25, -0.2) is 4.39 Å². The van der Waals surface area contributed by atoms with Crippen molar-refractivity contribution >= 4 is 23.4 Å². The number of hydrogen-bond acceptors (Lipinski definition) is 3. The van der Waals surface area contributed by atoms with Crippen LogP contribution in [0.5, 0.6) is 0 Å². The van der Waals surface area contributed by atoms with Gasteiger partial charge < -0.3 is 10.2 Å². The van der Waals surface area contributed by atoms with Crippen molar-refractivity contribution in [2.24, 2.45) is 5.41 Å². The summed E-state index contributed by atoms with van der Waals surface area (Å²) in [7, 11) is 4.27. The molecule has 1 heterocycles. The standard InChI is InChI=1S/C36H41ClFN3O2/c1-40(2)36(27-10-12-28(38)13-11-27)17-15-35(16-18-36)19-21-41(22-20-35)33(42)24-25-7-8-26-9-14-32(30(26)23-25)39-34(43)29-5-3-4-6-31(29)37/h3-8,10-13,23,32H,9,14-22,24H2,1-2H3,(H,39,43). The lowest BCUT2D eigenvalue weighted by Crippen LogP contribution is -2.50. The van der Waals surface area contributed by atoms with Gasteiger partial charge in [-0.15, -0.1) is 0 Å². The molecule has 226 valence electrons. The molecule has 1 unspecified atom stereocenters. The number of nitrogens with one attached hydrogen (secondary N) is 1. The summed E-state index contributed by atoms with van der Waals surface area (Å²) in [5.41, 5.74) is 5.22. The highest BCUT2D eigenvalue weighted by molar-refractivity contribution is 6.33. The van der Waals surface area contributed by atoms with E-state index in [1.807, 2.05) is 29.2 Å². The number of halogens is 2. The molecule has 3 aliphatic rings. The van der Waals surface area contributed by atoms with Gasteiger partial charge in [-0.1, -0.05) is 54.1 Å². The lowest BCUT2D eigenvalue weighted by molar-refractivity contribution is -0.133. The van der Waals surface area contributed by atoms with Gasteiger partial charge >= 0.3 is 0 Å². The number of nitrogens with zero attached hydrogens (tertiary/aromatic N) is 2. The molecule has 43 heavy (non-hydrogen) atoms. The lowest BCUT2D eigenvalue weighted by atomic mass is 9.61. The number of amides is 2. The van der Waals surface area contributed by atoms with Crippen LogP contribution in [0, 0.1) is 11.2 Å². The minimum absolute atomic E-state index is 0.0653. The Bertz CT molecular complexity index is 1490. The van der Waals surface area contributed by atoms with Crippen LogP contribution in [-0.2, 0) is 23.2 Å². The number of piperidine rings is 1. The zero-order valence-electron chi connectivity index (χ0n) is 25.2. The number of fused-ring (bicyclic) bond motifs is 1. The molecule has 2 amide bonds. The molecule has 0 radical (unpaired) electrons. The average molecular weight is 602 g/mol. The van der Waals surface area contributed by atoms with Crippen molar-refractivity contribution in [1.82, 2.24) is 15.1 Å². The van der Waals surface area contributed by atoms with E-state index in [1.165, 1.54) is 11.1 Å². The van der Waals surface area contributed by atoms with E-state index in [1.54, 1.807) is 24.3 Å². The molecule has 2 aliphatic carbocycles. The molecule has 1 atom stereocenters. The molecule has 6 rings (SSSR count). The van der Waals surface area contributed by atoms with Crippen molar-refractivity contribution in [1.29, 1.82) is 0 Å². The fraction of sp³-hybridized carbons (Fsp3) is 0.444. The van der Waals surface area contributed by atoms with E-state index >= 15 is 0 Å². The van der Waals surface area contributed by atoms with Gasteiger partial charge in [0.2, 0.25) is 5.91 Å². The molecular formula is C36H41ClFN3O2.